The van der Waals surface area contributed by atoms with Crippen LogP contribution in [-0.2, 0) is 14.3 Å². The summed E-state index contributed by atoms with van der Waals surface area (Å²) in [6, 6.07) is 5.62. The number of allylic oxidation sites excluding steroid dienone is 4. The maximum absolute atomic E-state index is 12.0. The van der Waals surface area contributed by atoms with Crippen LogP contribution in [0.3, 0.4) is 0 Å². The van der Waals surface area contributed by atoms with Crippen molar-refractivity contribution < 1.29 is 24.0 Å². The summed E-state index contributed by atoms with van der Waals surface area (Å²) >= 11 is 0. The van der Waals surface area contributed by atoms with Gasteiger partial charge in [0, 0.05) is 25.0 Å². The van der Waals surface area contributed by atoms with Crippen LogP contribution in [0.2, 0.25) is 0 Å². The van der Waals surface area contributed by atoms with E-state index < -0.39 is 4.92 Å². The lowest BCUT2D eigenvalue weighted by Crippen LogP contribution is -2.07. The Morgan fingerprint density at radius 1 is 0.509 bits per heavy atom. The maximum atomic E-state index is 12.0. The number of hydrogen-bond acceptors (Lipinski definition) is 6. The number of hydrogen-bond donors (Lipinski definition) is 0. The fourth-order valence-electron chi connectivity index (χ4n) is 6.89. The van der Waals surface area contributed by atoms with E-state index in [1.807, 2.05) is 0 Å². The molecule has 1 aromatic carbocycles. The van der Waals surface area contributed by atoms with Crippen LogP contribution in [0.15, 0.2) is 48.6 Å². The van der Waals surface area contributed by atoms with E-state index in [0.29, 0.717) is 25.2 Å². The monoisotopic (exact) mass is 768 g/mol. The van der Waals surface area contributed by atoms with Crippen LogP contribution in [0, 0.1) is 10.1 Å². The van der Waals surface area contributed by atoms with Crippen molar-refractivity contribution in [3.05, 3.63) is 58.7 Å². The second-order valence-corrected chi connectivity index (χ2v) is 15.6. The molecule has 0 N–H and O–H groups in total. The van der Waals surface area contributed by atoms with E-state index >= 15 is 0 Å². The highest BCUT2D eigenvalue weighted by atomic mass is 16.6. The first kappa shape index (κ1) is 50.1. The number of non-ortho nitro benzene ring substituents is 1. The van der Waals surface area contributed by atoms with Crippen molar-refractivity contribution in [2.24, 2.45) is 0 Å². The van der Waals surface area contributed by atoms with Gasteiger partial charge in [0.05, 0.1) is 11.5 Å². The van der Waals surface area contributed by atoms with E-state index in [2.05, 4.69) is 31.2 Å². The molecule has 0 aliphatic rings. The van der Waals surface area contributed by atoms with Gasteiger partial charge in [0.1, 0.15) is 5.75 Å². The molecule has 7 nitrogen and oxygen atoms in total. The van der Waals surface area contributed by atoms with Crippen molar-refractivity contribution in [2.75, 3.05) is 6.61 Å². The van der Waals surface area contributed by atoms with Crippen LogP contribution in [-0.4, -0.2) is 23.5 Å². The first-order valence-electron chi connectivity index (χ1n) is 22.9. The number of carbonyl (C=O) groups is 2. The van der Waals surface area contributed by atoms with E-state index in [1.54, 1.807) is 0 Å². The molecule has 0 radical (unpaired) electrons. The van der Waals surface area contributed by atoms with Crippen molar-refractivity contribution in [2.45, 2.75) is 225 Å². The van der Waals surface area contributed by atoms with Gasteiger partial charge in [-0.1, -0.05) is 185 Å². The number of nitro groups is 1. The van der Waals surface area contributed by atoms with Gasteiger partial charge in [-0.05, 0) is 63.5 Å². The van der Waals surface area contributed by atoms with Gasteiger partial charge in [-0.2, -0.15) is 0 Å². The van der Waals surface area contributed by atoms with Crippen LogP contribution < -0.4 is 4.74 Å². The summed E-state index contributed by atoms with van der Waals surface area (Å²) in [6.45, 7) is 2.85. The van der Waals surface area contributed by atoms with Gasteiger partial charge in [0.15, 0.2) is 0 Å². The van der Waals surface area contributed by atoms with Crippen LogP contribution in [0.5, 0.6) is 5.75 Å². The lowest BCUT2D eigenvalue weighted by molar-refractivity contribution is -0.384. The van der Waals surface area contributed by atoms with Crippen molar-refractivity contribution in [3.63, 3.8) is 0 Å². The van der Waals surface area contributed by atoms with Crippen molar-refractivity contribution in [1.29, 1.82) is 0 Å². The molecule has 1 aromatic rings. The zero-order chi connectivity index (χ0) is 39.7. The summed E-state index contributed by atoms with van der Waals surface area (Å²) in [4.78, 5) is 34.2. The third-order valence-electron chi connectivity index (χ3n) is 10.4. The number of carbonyl (C=O) groups excluding carboxylic acids is 2. The molecule has 1 rings (SSSR count). The minimum absolute atomic E-state index is 0.00786. The van der Waals surface area contributed by atoms with Gasteiger partial charge < -0.3 is 9.47 Å². The summed E-state index contributed by atoms with van der Waals surface area (Å²) in [7, 11) is 0. The number of ether oxygens (including phenoxy) is 2. The van der Waals surface area contributed by atoms with E-state index in [1.165, 1.54) is 185 Å². The smallest absolute Gasteiger partial charge is 0.311 e. The molecule has 0 unspecified atom stereocenters. The molecule has 314 valence electrons. The molecule has 55 heavy (non-hydrogen) atoms. The molecule has 0 fully saturated rings. The third-order valence-corrected chi connectivity index (χ3v) is 10.4. The molecule has 0 amide bonds. The maximum Gasteiger partial charge on any atom is 0.311 e. The highest BCUT2D eigenvalue weighted by Gasteiger charge is 2.08. The van der Waals surface area contributed by atoms with Crippen LogP contribution in [0.1, 0.15) is 225 Å². The Bertz CT molecular complexity index is 1100. The van der Waals surface area contributed by atoms with E-state index in [4.69, 9.17) is 9.47 Å². The Kier molecular flexibility index (Phi) is 35.8. The quantitative estimate of drug-likeness (QED) is 0.0165. The van der Waals surface area contributed by atoms with E-state index in [0.717, 1.165) is 44.9 Å². The Balaban J connectivity index is 1.71. The fourth-order valence-corrected chi connectivity index (χ4v) is 6.89. The Morgan fingerprint density at radius 2 is 0.891 bits per heavy atom. The summed E-state index contributed by atoms with van der Waals surface area (Å²) in [5.41, 5.74) is -0.0116. The van der Waals surface area contributed by atoms with E-state index in [9.17, 15) is 19.7 Å². The van der Waals surface area contributed by atoms with Gasteiger partial charge in [-0.25, -0.2) is 0 Å². The zero-order valence-corrected chi connectivity index (χ0v) is 35.3. The minimum Gasteiger partial charge on any atom is -0.466 e. The molecule has 0 aromatic heterocycles. The van der Waals surface area contributed by atoms with Gasteiger partial charge in [0.25, 0.3) is 5.69 Å². The molecule has 0 saturated carbocycles. The average molecular weight is 768 g/mol. The normalized spacial score (nSPS) is 11.5. The second kappa shape index (κ2) is 39.3. The van der Waals surface area contributed by atoms with Crippen molar-refractivity contribution in [1.82, 2.24) is 0 Å². The van der Waals surface area contributed by atoms with Crippen molar-refractivity contribution in [3.8, 4) is 5.75 Å². The summed E-state index contributed by atoms with van der Waals surface area (Å²) < 4.78 is 10.7. The van der Waals surface area contributed by atoms with Crippen molar-refractivity contribution >= 4 is 17.6 Å². The summed E-state index contributed by atoms with van der Waals surface area (Å²) in [6.07, 6.45) is 50.0. The number of nitrogens with zero attached hydrogens (tertiary/aromatic N) is 1. The third kappa shape index (κ3) is 35.2. The molecule has 0 aliphatic heterocycles. The molecular formula is C48H81NO6. The SMILES string of the molecule is CCCCC/C=C\C/C=C\CCCCCCCC(=O)OCCCCCCCCCCCCCCCCCCCCCCCC(=O)Oc1ccc([N+](=O)[O-])cc1. The lowest BCUT2D eigenvalue weighted by atomic mass is 10.0. The Hall–Kier alpha value is -2.96. The van der Waals surface area contributed by atoms with Gasteiger partial charge in [-0.3, -0.25) is 19.7 Å². The molecule has 0 spiro atoms. The number of rotatable bonds is 40. The topological polar surface area (TPSA) is 95.7 Å². The Labute approximate surface area is 337 Å². The fraction of sp³-hybridized carbons (Fsp3) is 0.750. The molecule has 0 atom stereocenters. The first-order valence-corrected chi connectivity index (χ1v) is 22.9. The molecular weight excluding hydrogens is 687 g/mol. The number of nitro benzene ring substituents is 1. The molecule has 0 aliphatic carbocycles. The number of esters is 2. The Morgan fingerprint density at radius 3 is 1.33 bits per heavy atom. The van der Waals surface area contributed by atoms with Crippen LogP contribution in [0.25, 0.3) is 0 Å². The van der Waals surface area contributed by atoms with Gasteiger partial charge >= 0.3 is 11.9 Å². The first-order chi connectivity index (χ1) is 27.0. The summed E-state index contributed by atoms with van der Waals surface area (Å²) in [5.74, 6) is 0.0737. The highest BCUT2D eigenvalue weighted by molar-refractivity contribution is 5.72. The predicted molar refractivity (Wildman–Crippen MR) is 231 cm³/mol. The molecule has 0 saturated heterocycles. The van der Waals surface area contributed by atoms with Crippen LogP contribution in [0.4, 0.5) is 5.69 Å². The largest absolute Gasteiger partial charge is 0.466 e. The van der Waals surface area contributed by atoms with Gasteiger partial charge in [-0.15, -0.1) is 0 Å². The van der Waals surface area contributed by atoms with Crippen LogP contribution >= 0.6 is 0 Å². The molecule has 7 heteroatoms. The molecule has 0 bridgehead atoms. The lowest BCUT2D eigenvalue weighted by Gasteiger charge is -2.06. The average Bonchev–Trinajstić information content (AvgIpc) is 3.18. The number of benzene rings is 1. The second-order valence-electron chi connectivity index (χ2n) is 15.6. The van der Waals surface area contributed by atoms with E-state index in [-0.39, 0.29) is 17.6 Å². The molecule has 0 heterocycles. The standard InChI is InChI=1S/C48H81NO6/c1-2-3-4-5-6-7-8-9-17-20-23-26-29-32-35-38-47(50)54-44-37-34-31-28-25-22-19-16-14-12-10-11-13-15-18-21-24-27-30-33-36-39-48(51)55-46-42-40-45(41-43-46)49(52)53/h6-7,9,17,40-43H,2-5,8,10-16,18-39,44H2,1H3/b7-6-,17-9-. The zero-order valence-electron chi connectivity index (χ0n) is 35.3. The minimum atomic E-state index is -0.468. The highest BCUT2D eigenvalue weighted by Crippen LogP contribution is 2.19. The summed E-state index contributed by atoms with van der Waals surface area (Å²) in [5, 5.41) is 10.7. The predicted octanol–water partition coefficient (Wildman–Crippen LogP) is 15.4. The van der Waals surface area contributed by atoms with Gasteiger partial charge in [0.2, 0.25) is 0 Å². The number of unbranched alkanes of at least 4 members (excludes halogenated alkanes) is 28.